The van der Waals surface area contributed by atoms with Crippen molar-refractivity contribution in [2.75, 3.05) is 13.7 Å². The van der Waals surface area contributed by atoms with Gasteiger partial charge < -0.3 is 35.6 Å². The second-order valence-corrected chi connectivity index (χ2v) is 25.6. The third kappa shape index (κ3) is 23.5. The summed E-state index contributed by atoms with van der Waals surface area (Å²) in [5.74, 6) is -2.19. The van der Waals surface area contributed by atoms with Crippen molar-refractivity contribution in [3.63, 3.8) is 0 Å². The molecule has 8 heterocycles. The number of nitrogens with one attached hydrogen (secondary N) is 3. The minimum Gasteiger partial charge on any atom is -0.507 e. The van der Waals surface area contributed by atoms with E-state index in [0.29, 0.717) is 85.7 Å². The molecule has 5 N–H and O–H groups in total. The van der Waals surface area contributed by atoms with Crippen molar-refractivity contribution in [2.24, 2.45) is 0 Å². The number of hydrogen-bond donors (Lipinski definition) is 5. The quantitative estimate of drug-likeness (QED) is 0.0235. The van der Waals surface area contributed by atoms with E-state index in [-0.39, 0.29) is 50.5 Å². The number of amides is 3. The van der Waals surface area contributed by atoms with Crippen LogP contribution < -0.4 is 16.0 Å². The largest absolute Gasteiger partial charge is 0.507 e. The van der Waals surface area contributed by atoms with Crippen LogP contribution in [0, 0.1) is 0 Å². The van der Waals surface area contributed by atoms with Crippen LogP contribution in [0.5, 0.6) is 11.5 Å². The molecule has 3 amide bonds. The molecule has 0 fully saturated rings. The number of alkyl carbamates (subject to hydrolysis) is 1. The molecule has 0 saturated carbocycles. The first-order chi connectivity index (χ1) is 49.0. The van der Waals surface area contributed by atoms with E-state index in [1.165, 1.54) is 7.11 Å². The molecule has 23 nitrogen and oxygen atoms in total. The molecule has 0 bridgehead atoms. The van der Waals surface area contributed by atoms with Crippen molar-refractivity contribution in [3.8, 4) is 11.5 Å². The number of carbonyl (C=O) groups is 4. The van der Waals surface area contributed by atoms with E-state index in [1.807, 2.05) is 170 Å². The first-order valence-electron chi connectivity index (χ1n) is 33.4. The fraction of sp³-hybridized carbons (Fsp3) is 0.282. The van der Waals surface area contributed by atoms with Crippen LogP contribution in [0.25, 0.3) is 0 Å². The highest BCUT2D eigenvalue weighted by Gasteiger charge is 2.30. The van der Waals surface area contributed by atoms with Gasteiger partial charge in [-0.05, 0) is 129 Å². The number of carbonyl (C=O) groups excluding carboxylic acids is 4. The number of ether oxygens (including phenoxy) is 2. The Labute approximate surface area is 588 Å². The van der Waals surface area contributed by atoms with E-state index in [2.05, 4.69) is 75.4 Å². The van der Waals surface area contributed by atoms with E-state index in [4.69, 9.17) is 9.47 Å². The molecule has 2 aromatic carbocycles. The van der Waals surface area contributed by atoms with Gasteiger partial charge in [0.1, 0.15) is 29.2 Å². The Bertz CT molecular complexity index is 3850. The maximum absolute atomic E-state index is 14.9. The molecule has 0 radical (unpaired) electrons. The van der Waals surface area contributed by atoms with Crippen LogP contribution in [-0.2, 0) is 115 Å². The topological polar surface area (TPSA) is 279 Å². The summed E-state index contributed by atoms with van der Waals surface area (Å²) in [6.07, 6.45) is 12.7. The van der Waals surface area contributed by atoms with Gasteiger partial charge in [-0.1, -0.05) is 72.8 Å². The first kappa shape index (κ1) is 72.5. The Hall–Kier alpha value is -11.2. The lowest BCUT2D eigenvalue weighted by atomic mass is 9.97. The van der Waals surface area contributed by atoms with E-state index in [1.54, 1.807) is 70.3 Å². The summed E-state index contributed by atoms with van der Waals surface area (Å²) in [7, 11) is 1.22. The van der Waals surface area contributed by atoms with Crippen molar-refractivity contribution in [3.05, 3.63) is 298 Å². The number of phenols is 2. The van der Waals surface area contributed by atoms with Gasteiger partial charge >= 0.3 is 12.1 Å². The number of aromatic hydroxyl groups is 2. The van der Waals surface area contributed by atoms with Gasteiger partial charge in [0, 0.05) is 163 Å². The predicted octanol–water partition coefficient (Wildman–Crippen LogP) is 9.52. The summed E-state index contributed by atoms with van der Waals surface area (Å²) in [4.78, 5) is 103. The number of methoxy groups -OCH3 is 1. The fourth-order valence-corrected chi connectivity index (χ4v) is 11.8. The molecule has 0 aliphatic rings. The van der Waals surface area contributed by atoms with Crippen LogP contribution in [0.15, 0.2) is 219 Å². The fourth-order valence-electron chi connectivity index (χ4n) is 11.8. The van der Waals surface area contributed by atoms with E-state index in [9.17, 15) is 29.4 Å². The Balaban J connectivity index is 0.945. The molecule has 10 rings (SSSR count). The highest BCUT2D eigenvalue weighted by Crippen LogP contribution is 2.32. The van der Waals surface area contributed by atoms with Gasteiger partial charge in [-0.25, -0.2) is 9.59 Å². The normalized spacial score (nSPS) is 12.1. The van der Waals surface area contributed by atoms with Crippen molar-refractivity contribution in [1.29, 1.82) is 0 Å². The molecule has 0 spiro atoms. The molecule has 101 heavy (non-hydrogen) atoms. The molecule has 0 saturated heterocycles. The maximum Gasteiger partial charge on any atom is 0.408 e. The molecule has 10 aromatic rings. The van der Waals surface area contributed by atoms with E-state index < -0.39 is 48.1 Å². The van der Waals surface area contributed by atoms with E-state index in [0.717, 1.165) is 45.6 Å². The molecule has 23 heteroatoms. The van der Waals surface area contributed by atoms with Gasteiger partial charge in [-0.2, -0.15) is 0 Å². The van der Waals surface area contributed by atoms with Crippen molar-refractivity contribution in [2.45, 2.75) is 130 Å². The molecule has 8 aromatic heterocycles. The number of hydrogen-bond acceptors (Lipinski definition) is 20. The highest BCUT2D eigenvalue weighted by atomic mass is 16.6. The Morgan fingerprint density at radius 3 is 0.901 bits per heavy atom. The summed E-state index contributed by atoms with van der Waals surface area (Å²) < 4.78 is 11.1. The first-order valence-corrected chi connectivity index (χ1v) is 33.4. The Morgan fingerprint density at radius 1 is 0.396 bits per heavy atom. The third-order valence-corrected chi connectivity index (χ3v) is 16.3. The SMILES string of the molecule is COC(=O)[C@H](Cc1cc(CN(Cc2ccccn2)Cc2ccccn2)c(O)c(CN(Cc2ccccn2)Cc2ccccn2)c1)NC(=O)CNC(=O)[C@H](Cc1cc(CN(Cc2ccccn2)Cc2ccccn2)c(O)c(CN(Cc2ccccn2)Cc2ccccn2)c1)NC(=O)OC(C)(C)C. The van der Waals surface area contributed by atoms with Gasteiger partial charge in [0.2, 0.25) is 11.8 Å². The van der Waals surface area contributed by atoms with Crippen LogP contribution in [0.4, 0.5) is 4.79 Å². The Morgan fingerprint density at radius 2 is 0.663 bits per heavy atom. The van der Waals surface area contributed by atoms with Gasteiger partial charge in [-0.3, -0.25) is 69.1 Å². The zero-order valence-electron chi connectivity index (χ0n) is 57.3. The summed E-state index contributed by atoms with van der Waals surface area (Å²) in [5, 5.41) is 33.4. The Kier molecular flexibility index (Phi) is 26.2. The van der Waals surface area contributed by atoms with Crippen LogP contribution in [0.2, 0.25) is 0 Å². The average Bonchev–Trinajstić information content (AvgIpc) is 0.816. The van der Waals surface area contributed by atoms with Gasteiger partial charge in [0.05, 0.1) is 59.2 Å². The van der Waals surface area contributed by atoms with Crippen molar-refractivity contribution < 1.29 is 38.9 Å². The summed E-state index contributed by atoms with van der Waals surface area (Å²) in [6.45, 7) is 8.50. The minimum absolute atomic E-state index is 0.0249. The second kappa shape index (κ2) is 36.6. The summed E-state index contributed by atoms with van der Waals surface area (Å²) >= 11 is 0. The second-order valence-electron chi connectivity index (χ2n) is 25.6. The van der Waals surface area contributed by atoms with Crippen LogP contribution in [0.1, 0.15) is 99.7 Å². The number of pyridine rings is 8. The number of aromatic nitrogens is 8. The van der Waals surface area contributed by atoms with Crippen LogP contribution >= 0.6 is 0 Å². The minimum atomic E-state index is -1.35. The highest BCUT2D eigenvalue weighted by molar-refractivity contribution is 5.91. The lowest BCUT2D eigenvalue weighted by Gasteiger charge is -2.27. The third-order valence-electron chi connectivity index (χ3n) is 16.3. The number of nitrogens with zero attached hydrogens (tertiary/aromatic N) is 12. The molecule has 520 valence electrons. The lowest BCUT2D eigenvalue weighted by molar-refractivity contribution is -0.145. The number of benzene rings is 2. The van der Waals surface area contributed by atoms with Gasteiger partial charge in [0.15, 0.2) is 0 Å². The smallest absolute Gasteiger partial charge is 0.408 e. The van der Waals surface area contributed by atoms with Crippen LogP contribution in [-0.4, -0.2) is 125 Å². The van der Waals surface area contributed by atoms with Crippen LogP contribution in [0.3, 0.4) is 0 Å². The molecule has 0 aliphatic heterocycles. The molecular formula is C78H85N15O8. The predicted molar refractivity (Wildman–Crippen MR) is 379 cm³/mol. The van der Waals surface area contributed by atoms with Crippen molar-refractivity contribution in [1.82, 2.24) is 75.4 Å². The number of esters is 1. The average molecular weight is 1360 g/mol. The maximum atomic E-state index is 14.9. The standard InChI is InChI=1S/C78H85N15O8/c1-78(2,3)101-77(99)89-70(41-56-37-58(44-90(48-62-21-5-13-29-79-62)49-63-22-6-14-30-80-63)73(95)59(38-56)45-91(50-64-23-7-15-31-81-64)51-65-24-8-16-32-82-65)75(97)87-43-72(94)88-71(76(98)100-4)42-57-39-60(46-92(52-66-25-9-17-33-83-66)53-67-26-10-18-34-84-67)74(96)61(40-57)47-93(54-68-27-11-19-35-85-68)55-69-28-12-20-36-86-69/h5-40,70-71,95-96H,41-55H2,1-4H3,(H,87,97)(H,88,94)(H,89,99)/t70-,71-/m0/s1. The van der Waals surface area contributed by atoms with Crippen molar-refractivity contribution >= 4 is 23.9 Å². The summed E-state index contributed by atoms with van der Waals surface area (Å²) in [5.41, 5.74) is 8.67. The molecule has 0 aliphatic carbocycles. The zero-order valence-corrected chi connectivity index (χ0v) is 57.3. The molecule has 2 atom stereocenters. The molecular weight excluding hydrogens is 1270 g/mol. The van der Waals surface area contributed by atoms with Gasteiger partial charge in [-0.15, -0.1) is 0 Å². The monoisotopic (exact) mass is 1360 g/mol. The number of rotatable bonds is 34. The number of phenolic OH excluding ortho intramolecular Hbond substituents is 2. The van der Waals surface area contributed by atoms with Gasteiger partial charge in [0.25, 0.3) is 0 Å². The summed E-state index contributed by atoms with van der Waals surface area (Å²) in [6, 6.07) is 50.2. The molecule has 0 unspecified atom stereocenters. The van der Waals surface area contributed by atoms with E-state index >= 15 is 0 Å². The lowest BCUT2D eigenvalue weighted by Crippen LogP contribution is -2.52. The zero-order chi connectivity index (χ0) is 70.8.